The molecule has 0 fully saturated rings. The molecule has 19 heavy (non-hydrogen) atoms. The molecular formula is C15H25O3P. The van der Waals surface area contributed by atoms with E-state index in [1.165, 1.54) is 5.56 Å². The quantitative estimate of drug-likeness (QED) is 0.801. The lowest BCUT2D eigenvalue weighted by molar-refractivity contribution is 0.368. The van der Waals surface area contributed by atoms with Gasteiger partial charge in [-0.3, -0.25) is 0 Å². The Hall–Kier alpha value is -0.630. The average Bonchev–Trinajstić information content (AvgIpc) is 2.16. The van der Waals surface area contributed by atoms with E-state index in [0.717, 1.165) is 11.1 Å². The van der Waals surface area contributed by atoms with Gasteiger partial charge >= 0.3 is 8.60 Å². The van der Waals surface area contributed by atoms with Gasteiger partial charge in [0.15, 0.2) is 0 Å². The molecule has 0 saturated heterocycles. The Balaban J connectivity index is 3.48. The van der Waals surface area contributed by atoms with Crippen molar-refractivity contribution in [2.75, 3.05) is 0 Å². The Morgan fingerprint density at radius 2 is 1.47 bits per heavy atom. The van der Waals surface area contributed by atoms with Crippen molar-refractivity contribution in [2.45, 2.75) is 59.3 Å². The highest BCUT2D eigenvalue weighted by molar-refractivity contribution is 7.39. The fourth-order valence-electron chi connectivity index (χ4n) is 1.97. The third-order valence-corrected chi connectivity index (χ3v) is 3.47. The van der Waals surface area contributed by atoms with E-state index >= 15 is 0 Å². The van der Waals surface area contributed by atoms with E-state index in [-0.39, 0.29) is 10.8 Å². The zero-order valence-electron chi connectivity index (χ0n) is 12.9. The minimum atomic E-state index is -2.39. The van der Waals surface area contributed by atoms with E-state index in [1.54, 1.807) is 0 Å². The zero-order chi connectivity index (χ0) is 15.0. The number of benzene rings is 1. The summed E-state index contributed by atoms with van der Waals surface area (Å²) in [6, 6.07) is 4.17. The van der Waals surface area contributed by atoms with Crippen LogP contribution in [0.5, 0.6) is 5.75 Å². The second-order valence-corrected chi connectivity index (χ2v) is 7.70. The standard InChI is InChI=1S/C15H25O3P/c1-10-8-11(14(2,3)4)9-12(15(5,6)7)13(10)18-19(16)17/h8-9,16-17H,1-7H3. The number of aryl methyl sites for hydroxylation is 1. The van der Waals surface area contributed by atoms with Gasteiger partial charge in [0.2, 0.25) is 0 Å². The van der Waals surface area contributed by atoms with E-state index in [2.05, 4.69) is 53.7 Å². The first kappa shape index (κ1) is 16.4. The minimum Gasteiger partial charge on any atom is -0.426 e. The van der Waals surface area contributed by atoms with E-state index < -0.39 is 8.60 Å². The predicted octanol–water partition coefficient (Wildman–Crippen LogP) is 4.18. The van der Waals surface area contributed by atoms with Crippen LogP contribution in [-0.4, -0.2) is 9.79 Å². The van der Waals surface area contributed by atoms with Crippen LogP contribution in [0.2, 0.25) is 0 Å². The van der Waals surface area contributed by atoms with Gasteiger partial charge in [-0.05, 0) is 28.9 Å². The Morgan fingerprint density at radius 1 is 0.947 bits per heavy atom. The molecule has 0 atom stereocenters. The van der Waals surface area contributed by atoms with Gasteiger partial charge in [0.05, 0.1) is 0 Å². The first-order valence-corrected chi connectivity index (χ1v) is 7.61. The lowest BCUT2D eigenvalue weighted by Crippen LogP contribution is -2.18. The monoisotopic (exact) mass is 284 g/mol. The van der Waals surface area contributed by atoms with Crippen molar-refractivity contribution in [2.24, 2.45) is 0 Å². The van der Waals surface area contributed by atoms with Crippen LogP contribution in [0.1, 0.15) is 58.2 Å². The molecule has 0 aliphatic heterocycles. The SMILES string of the molecule is Cc1cc(C(C)(C)C)cc(C(C)(C)C)c1OP(O)O. The molecule has 0 radical (unpaired) electrons. The van der Waals surface area contributed by atoms with Crippen molar-refractivity contribution < 1.29 is 14.3 Å². The van der Waals surface area contributed by atoms with Crippen molar-refractivity contribution in [3.63, 3.8) is 0 Å². The second kappa shape index (κ2) is 5.40. The molecule has 0 spiro atoms. The summed E-state index contributed by atoms with van der Waals surface area (Å²) >= 11 is 0. The molecular weight excluding hydrogens is 259 g/mol. The molecule has 0 unspecified atom stereocenters. The summed E-state index contributed by atoms with van der Waals surface area (Å²) in [4.78, 5) is 18.3. The molecule has 3 nitrogen and oxygen atoms in total. The van der Waals surface area contributed by atoms with Crippen LogP contribution in [0.3, 0.4) is 0 Å². The first-order chi connectivity index (χ1) is 8.43. The Kier molecular flexibility index (Phi) is 4.66. The highest BCUT2D eigenvalue weighted by Gasteiger charge is 2.26. The largest absolute Gasteiger partial charge is 0.426 e. The Bertz CT molecular complexity index is 454. The van der Waals surface area contributed by atoms with Crippen molar-refractivity contribution in [3.05, 3.63) is 28.8 Å². The first-order valence-electron chi connectivity index (χ1n) is 6.44. The number of rotatable bonds is 2. The minimum absolute atomic E-state index is 0.0481. The molecule has 0 aliphatic carbocycles. The summed E-state index contributed by atoms with van der Waals surface area (Å²) < 4.78 is 5.25. The van der Waals surface area contributed by atoms with Crippen molar-refractivity contribution in [1.82, 2.24) is 0 Å². The molecule has 0 saturated carbocycles. The molecule has 0 heterocycles. The fourth-order valence-corrected chi connectivity index (χ4v) is 2.37. The van der Waals surface area contributed by atoms with Gasteiger partial charge in [0.25, 0.3) is 0 Å². The average molecular weight is 284 g/mol. The van der Waals surface area contributed by atoms with Crippen LogP contribution < -0.4 is 4.52 Å². The molecule has 1 aromatic carbocycles. The molecule has 2 N–H and O–H groups in total. The molecule has 0 aliphatic rings. The molecule has 0 amide bonds. The highest BCUT2D eigenvalue weighted by atomic mass is 31.2. The summed E-state index contributed by atoms with van der Waals surface area (Å²) in [6.45, 7) is 14.7. The van der Waals surface area contributed by atoms with Gasteiger partial charge in [-0.1, -0.05) is 53.7 Å². The summed E-state index contributed by atoms with van der Waals surface area (Å²) in [5.41, 5.74) is 3.10. The van der Waals surface area contributed by atoms with Crippen molar-refractivity contribution in [1.29, 1.82) is 0 Å². The lowest BCUT2D eigenvalue weighted by atomic mass is 9.79. The lowest BCUT2D eigenvalue weighted by Gasteiger charge is -2.28. The van der Waals surface area contributed by atoms with E-state index in [1.807, 2.05) is 6.92 Å². The maximum atomic E-state index is 9.15. The summed E-state index contributed by atoms with van der Waals surface area (Å²) in [5.74, 6) is 0.594. The highest BCUT2D eigenvalue weighted by Crippen LogP contribution is 2.42. The molecule has 4 heteroatoms. The van der Waals surface area contributed by atoms with Crippen LogP contribution >= 0.6 is 8.60 Å². The van der Waals surface area contributed by atoms with Crippen LogP contribution in [0, 0.1) is 6.92 Å². The van der Waals surface area contributed by atoms with Gasteiger partial charge in [-0.25, -0.2) is 0 Å². The summed E-state index contributed by atoms with van der Waals surface area (Å²) in [7, 11) is -2.39. The maximum Gasteiger partial charge on any atom is 0.391 e. The van der Waals surface area contributed by atoms with Crippen LogP contribution in [0.25, 0.3) is 0 Å². The van der Waals surface area contributed by atoms with Crippen molar-refractivity contribution in [3.8, 4) is 5.75 Å². The molecule has 108 valence electrons. The van der Waals surface area contributed by atoms with Crippen molar-refractivity contribution >= 4 is 8.60 Å². The van der Waals surface area contributed by atoms with Gasteiger partial charge < -0.3 is 14.3 Å². The van der Waals surface area contributed by atoms with Gasteiger partial charge in [-0.15, -0.1) is 0 Å². The van der Waals surface area contributed by atoms with Gasteiger partial charge in [0, 0.05) is 5.56 Å². The fraction of sp³-hybridized carbons (Fsp3) is 0.600. The van der Waals surface area contributed by atoms with E-state index in [9.17, 15) is 0 Å². The summed E-state index contributed by atoms with van der Waals surface area (Å²) in [6.07, 6.45) is 0. The second-order valence-electron chi connectivity index (χ2n) is 7.01. The Morgan fingerprint density at radius 3 is 1.84 bits per heavy atom. The van der Waals surface area contributed by atoms with E-state index in [0.29, 0.717) is 5.75 Å². The normalized spacial score (nSPS) is 12.9. The number of hydrogen-bond acceptors (Lipinski definition) is 3. The summed E-state index contributed by atoms with van der Waals surface area (Å²) in [5, 5.41) is 0. The van der Waals surface area contributed by atoms with Crippen LogP contribution in [-0.2, 0) is 10.8 Å². The predicted molar refractivity (Wildman–Crippen MR) is 80.6 cm³/mol. The Labute approximate surface area is 117 Å². The molecule has 1 aromatic rings. The van der Waals surface area contributed by atoms with Crippen LogP contribution in [0.15, 0.2) is 12.1 Å². The van der Waals surface area contributed by atoms with Gasteiger partial charge in [-0.2, -0.15) is 0 Å². The maximum absolute atomic E-state index is 9.15. The van der Waals surface area contributed by atoms with E-state index in [4.69, 9.17) is 14.3 Å². The topological polar surface area (TPSA) is 49.7 Å². The molecule has 1 rings (SSSR count). The molecule has 0 bridgehead atoms. The van der Waals surface area contributed by atoms with Gasteiger partial charge in [0.1, 0.15) is 5.75 Å². The smallest absolute Gasteiger partial charge is 0.391 e. The third kappa shape index (κ3) is 4.17. The molecule has 0 aromatic heterocycles. The third-order valence-electron chi connectivity index (χ3n) is 3.12. The van der Waals surface area contributed by atoms with Crippen LogP contribution in [0.4, 0.5) is 0 Å². The zero-order valence-corrected chi connectivity index (χ0v) is 13.8. The number of hydrogen-bond donors (Lipinski definition) is 2.